The van der Waals surface area contributed by atoms with Crippen molar-refractivity contribution in [2.45, 2.75) is 18.8 Å². The predicted molar refractivity (Wildman–Crippen MR) is 46.4 cm³/mol. The molecule has 0 aromatic heterocycles. The molecule has 0 bridgehead atoms. The topological polar surface area (TPSA) is 0 Å². The minimum atomic E-state index is 0.836. The SMILES string of the molecule is C=[C]c1cccc(C2CC2)c1. The Bertz CT molecular complexity index is 269. The third-order valence-electron chi connectivity index (χ3n) is 2.14. The molecular formula is C11H11. The lowest BCUT2D eigenvalue weighted by atomic mass is 10.1. The molecule has 0 spiro atoms. The first-order valence-electron chi connectivity index (χ1n) is 4.03. The van der Waals surface area contributed by atoms with Gasteiger partial charge in [0.25, 0.3) is 0 Å². The van der Waals surface area contributed by atoms with Gasteiger partial charge in [-0.3, -0.25) is 0 Å². The molecular weight excluding hydrogens is 132 g/mol. The van der Waals surface area contributed by atoms with Crippen LogP contribution in [0.3, 0.4) is 0 Å². The summed E-state index contributed by atoms with van der Waals surface area (Å²) in [6.45, 7) is 3.63. The Labute approximate surface area is 67.6 Å². The average Bonchev–Trinajstić information content (AvgIpc) is 2.87. The van der Waals surface area contributed by atoms with Crippen molar-refractivity contribution in [3.8, 4) is 0 Å². The van der Waals surface area contributed by atoms with Crippen LogP contribution in [0, 0.1) is 6.08 Å². The first-order valence-corrected chi connectivity index (χ1v) is 4.03. The lowest BCUT2D eigenvalue weighted by Gasteiger charge is -1.97. The van der Waals surface area contributed by atoms with E-state index in [1.165, 1.54) is 18.4 Å². The molecule has 0 aliphatic heterocycles. The van der Waals surface area contributed by atoms with Gasteiger partial charge in [-0.1, -0.05) is 30.8 Å². The van der Waals surface area contributed by atoms with Crippen LogP contribution >= 0.6 is 0 Å². The van der Waals surface area contributed by atoms with Crippen LogP contribution in [0.1, 0.15) is 29.9 Å². The predicted octanol–water partition coefficient (Wildman–Crippen LogP) is 2.90. The van der Waals surface area contributed by atoms with E-state index in [2.05, 4.69) is 30.9 Å². The van der Waals surface area contributed by atoms with Crippen LogP contribution in [0.2, 0.25) is 0 Å². The highest BCUT2D eigenvalue weighted by atomic mass is 14.3. The maximum atomic E-state index is 3.63. The molecule has 55 valence electrons. The van der Waals surface area contributed by atoms with Crippen LogP contribution in [0.15, 0.2) is 30.8 Å². The molecule has 1 aromatic carbocycles. The van der Waals surface area contributed by atoms with Gasteiger partial charge in [0.15, 0.2) is 0 Å². The van der Waals surface area contributed by atoms with Crippen molar-refractivity contribution in [1.29, 1.82) is 0 Å². The molecule has 0 N–H and O–H groups in total. The van der Waals surface area contributed by atoms with E-state index in [1.807, 2.05) is 6.07 Å². The molecule has 1 radical (unpaired) electrons. The smallest absolute Gasteiger partial charge is 0.0161 e. The fraction of sp³-hybridized carbons (Fsp3) is 0.273. The summed E-state index contributed by atoms with van der Waals surface area (Å²) < 4.78 is 0. The highest BCUT2D eigenvalue weighted by Crippen LogP contribution is 2.40. The molecule has 0 heterocycles. The largest absolute Gasteiger partial charge is 0.0906 e. The number of rotatable bonds is 2. The molecule has 0 saturated heterocycles. The number of benzene rings is 1. The summed E-state index contributed by atoms with van der Waals surface area (Å²) in [5, 5.41) is 0. The van der Waals surface area contributed by atoms with Crippen molar-refractivity contribution in [3.63, 3.8) is 0 Å². The van der Waals surface area contributed by atoms with Crippen molar-refractivity contribution < 1.29 is 0 Å². The Morgan fingerprint density at radius 3 is 2.82 bits per heavy atom. The van der Waals surface area contributed by atoms with Crippen LogP contribution in [0.25, 0.3) is 0 Å². The lowest BCUT2D eigenvalue weighted by molar-refractivity contribution is 1.13. The summed E-state index contributed by atoms with van der Waals surface area (Å²) in [7, 11) is 0. The summed E-state index contributed by atoms with van der Waals surface area (Å²) >= 11 is 0. The van der Waals surface area contributed by atoms with Crippen molar-refractivity contribution in [2.75, 3.05) is 0 Å². The maximum absolute atomic E-state index is 3.63. The average molecular weight is 143 g/mol. The van der Waals surface area contributed by atoms with E-state index in [0.717, 1.165) is 11.5 Å². The van der Waals surface area contributed by atoms with Gasteiger partial charge in [-0.2, -0.15) is 0 Å². The van der Waals surface area contributed by atoms with E-state index in [4.69, 9.17) is 0 Å². The quantitative estimate of drug-likeness (QED) is 0.597. The van der Waals surface area contributed by atoms with E-state index in [0.29, 0.717) is 0 Å². The molecule has 0 nitrogen and oxygen atoms in total. The number of hydrogen-bond acceptors (Lipinski definition) is 0. The summed E-state index contributed by atoms with van der Waals surface area (Å²) in [5.41, 5.74) is 2.58. The third-order valence-corrected chi connectivity index (χ3v) is 2.14. The fourth-order valence-electron chi connectivity index (χ4n) is 1.32. The summed E-state index contributed by atoms with van der Waals surface area (Å²) in [4.78, 5) is 0. The minimum absolute atomic E-state index is 0.836. The Morgan fingerprint density at radius 2 is 2.18 bits per heavy atom. The zero-order valence-corrected chi connectivity index (χ0v) is 6.51. The van der Waals surface area contributed by atoms with Gasteiger partial charge in [-0.25, -0.2) is 0 Å². The van der Waals surface area contributed by atoms with Gasteiger partial charge in [-0.15, -0.1) is 0 Å². The van der Waals surface area contributed by atoms with E-state index in [1.54, 1.807) is 0 Å². The monoisotopic (exact) mass is 143 g/mol. The normalized spacial score (nSPS) is 16.4. The Kier molecular flexibility index (Phi) is 1.54. The van der Waals surface area contributed by atoms with Gasteiger partial charge in [0.05, 0.1) is 0 Å². The third kappa shape index (κ3) is 1.35. The van der Waals surface area contributed by atoms with Crippen molar-refractivity contribution in [3.05, 3.63) is 48.0 Å². The minimum Gasteiger partial charge on any atom is -0.0906 e. The molecule has 1 fully saturated rings. The standard InChI is InChI=1S/C11H11/c1-2-9-4-3-5-11(8-9)10-6-7-10/h3-5,8,10H,1,6-7H2. The van der Waals surface area contributed by atoms with E-state index < -0.39 is 0 Å². The second-order valence-electron chi connectivity index (χ2n) is 3.08. The Hall–Kier alpha value is -1.04. The van der Waals surface area contributed by atoms with Gasteiger partial charge in [0.1, 0.15) is 0 Å². The zero-order chi connectivity index (χ0) is 7.68. The van der Waals surface area contributed by atoms with Crippen molar-refractivity contribution in [2.24, 2.45) is 0 Å². The molecule has 0 unspecified atom stereocenters. The van der Waals surface area contributed by atoms with Gasteiger partial charge in [-0.05, 0) is 36.0 Å². The van der Waals surface area contributed by atoms with Crippen molar-refractivity contribution in [1.82, 2.24) is 0 Å². The molecule has 1 aliphatic carbocycles. The maximum Gasteiger partial charge on any atom is -0.0161 e. The number of hydrogen-bond donors (Lipinski definition) is 0. The van der Waals surface area contributed by atoms with Gasteiger partial charge in [0, 0.05) is 0 Å². The van der Waals surface area contributed by atoms with Crippen LogP contribution in [-0.2, 0) is 0 Å². The van der Waals surface area contributed by atoms with Crippen LogP contribution < -0.4 is 0 Å². The molecule has 0 amide bonds. The van der Waals surface area contributed by atoms with E-state index in [-0.39, 0.29) is 0 Å². The first kappa shape index (κ1) is 6.66. The molecule has 1 saturated carbocycles. The Morgan fingerprint density at radius 1 is 1.36 bits per heavy atom. The van der Waals surface area contributed by atoms with Crippen LogP contribution in [0.5, 0.6) is 0 Å². The second kappa shape index (κ2) is 2.54. The summed E-state index contributed by atoms with van der Waals surface area (Å²) in [6.07, 6.45) is 5.62. The van der Waals surface area contributed by atoms with Crippen molar-refractivity contribution >= 4 is 0 Å². The highest BCUT2D eigenvalue weighted by molar-refractivity contribution is 5.31. The molecule has 11 heavy (non-hydrogen) atoms. The molecule has 0 heteroatoms. The summed E-state index contributed by atoms with van der Waals surface area (Å²) in [6, 6.07) is 8.50. The first-order chi connectivity index (χ1) is 5.40. The van der Waals surface area contributed by atoms with E-state index >= 15 is 0 Å². The summed E-state index contributed by atoms with van der Waals surface area (Å²) in [5.74, 6) is 0.836. The van der Waals surface area contributed by atoms with Crippen LogP contribution in [-0.4, -0.2) is 0 Å². The van der Waals surface area contributed by atoms with Crippen LogP contribution in [0.4, 0.5) is 0 Å². The van der Waals surface area contributed by atoms with Gasteiger partial charge < -0.3 is 0 Å². The molecule has 0 atom stereocenters. The Balaban J connectivity index is 2.33. The fourth-order valence-corrected chi connectivity index (χ4v) is 1.32. The zero-order valence-electron chi connectivity index (χ0n) is 6.51. The molecule has 2 rings (SSSR count). The van der Waals surface area contributed by atoms with Gasteiger partial charge >= 0.3 is 0 Å². The van der Waals surface area contributed by atoms with E-state index in [9.17, 15) is 0 Å². The molecule has 1 aromatic rings. The highest BCUT2D eigenvalue weighted by Gasteiger charge is 2.22. The lowest BCUT2D eigenvalue weighted by Crippen LogP contribution is -1.79. The second-order valence-corrected chi connectivity index (χ2v) is 3.08. The molecule has 1 aliphatic rings. The van der Waals surface area contributed by atoms with Gasteiger partial charge in [0.2, 0.25) is 0 Å².